The van der Waals surface area contributed by atoms with E-state index in [1.165, 1.54) is 0 Å². The van der Waals surface area contributed by atoms with Gasteiger partial charge in [-0.1, -0.05) is 6.92 Å². The highest BCUT2D eigenvalue weighted by Gasteiger charge is 2.44. The molecule has 0 aliphatic carbocycles. The van der Waals surface area contributed by atoms with Crippen LogP contribution in [0.5, 0.6) is 5.75 Å². The Labute approximate surface area is 180 Å². The zero-order valence-corrected chi connectivity index (χ0v) is 17.7. The predicted molar refractivity (Wildman–Crippen MR) is 111 cm³/mol. The zero-order chi connectivity index (χ0) is 22.2. The van der Waals surface area contributed by atoms with Crippen molar-refractivity contribution in [1.29, 1.82) is 0 Å². The summed E-state index contributed by atoms with van der Waals surface area (Å²) in [5.41, 5.74) is 6.56. The van der Waals surface area contributed by atoms with Gasteiger partial charge in [-0.2, -0.15) is 0 Å². The summed E-state index contributed by atoms with van der Waals surface area (Å²) >= 11 is 0. The second-order valence-corrected chi connectivity index (χ2v) is 8.86. The van der Waals surface area contributed by atoms with Crippen LogP contribution >= 0.6 is 0 Å². The molecule has 0 radical (unpaired) electrons. The number of nitrogens with zero attached hydrogens (tertiary/aromatic N) is 2. The normalized spacial score (nSPS) is 23.7. The molecule has 0 bridgehead atoms. The van der Waals surface area contributed by atoms with E-state index in [9.17, 15) is 19.2 Å². The van der Waals surface area contributed by atoms with Crippen LogP contribution in [0.1, 0.15) is 53.3 Å². The molecule has 3 N–H and O–H groups in total. The van der Waals surface area contributed by atoms with Crippen LogP contribution in [0, 0.1) is 5.41 Å². The summed E-state index contributed by atoms with van der Waals surface area (Å²) in [6.45, 7) is 6.13. The first kappa shape index (κ1) is 21.5. The third-order valence-corrected chi connectivity index (χ3v) is 6.64. The van der Waals surface area contributed by atoms with E-state index in [1.54, 1.807) is 18.2 Å². The van der Waals surface area contributed by atoms with Gasteiger partial charge in [-0.15, -0.1) is 0 Å². The highest BCUT2D eigenvalue weighted by atomic mass is 16.5. The van der Waals surface area contributed by atoms with Crippen molar-refractivity contribution in [3.8, 4) is 5.75 Å². The number of ether oxygens (including phenoxy) is 1. The molecule has 2 saturated heterocycles. The van der Waals surface area contributed by atoms with Gasteiger partial charge in [0.2, 0.25) is 11.8 Å². The van der Waals surface area contributed by atoms with Gasteiger partial charge in [-0.05, 0) is 62.5 Å². The number of fused-ring (bicyclic) bond motifs is 1. The van der Waals surface area contributed by atoms with Crippen molar-refractivity contribution in [1.82, 2.24) is 15.1 Å². The highest BCUT2D eigenvalue weighted by Crippen LogP contribution is 2.31. The van der Waals surface area contributed by atoms with E-state index in [0.717, 1.165) is 37.4 Å². The molecule has 2 fully saturated rings. The average molecular weight is 428 g/mol. The third-order valence-electron chi connectivity index (χ3n) is 6.64. The maximum absolute atomic E-state index is 12.9. The number of amides is 4. The molecule has 1 aromatic carbocycles. The molecule has 4 rings (SSSR count). The maximum atomic E-state index is 12.9. The maximum Gasteiger partial charge on any atom is 0.262 e. The van der Waals surface area contributed by atoms with Crippen LogP contribution in [0.25, 0.3) is 0 Å². The molecule has 3 aliphatic heterocycles. The standard InChI is InChI=1S/C22H28N4O5/c1-22(13-23)6-8-25(9-7-22)10-11-31-14-2-3-15-16(12-14)21(30)26(20(15)29)17-4-5-18(27)24-19(17)28/h2-3,12,17H,4-11,13,23H2,1H3,(H,24,27,28). The van der Waals surface area contributed by atoms with Crippen LogP contribution in [0.4, 0.5) is 0 Å². The summed E-state index contributed by atoms with van der Waals surface area (Å²) in [7, 11) is 0. The Hall–Kier alpha value is -2.78. The predicted octanol–water partition coefficient (Wildman–Crippen LogP) is 0.527. The molecule has 9 heteroatoms. The number of carbonyl (C=O) groups is 4. The number of piperidine rings is 2. The van der Waals surface area contributed by atoms with Crippen molar-refractivity contribution >= 4 is 23.6 Å². The van der Waals surface area contributed by atoms with E-state index < -0.39 is 29.7 Å². The second kappa shape index (κ2) is 8.39. The molecule has 9 nitrogen and oxygen atoms in total. The van der Waals surface area contributed by atoms with Crippen LogP contribution in [0.3, 0.4) is 0 Å². The first-order valence-electron chi connectivity index (χ1n) is 10.7. The number of rotatable bonds is 6. The number of carbonyl (C=O) groups excluding carboxylic acids is 4. The van der Waals surface area contributed by atoms with E-state index >= 15 is 0 Å². The van der Waals surface area contributed by atoms with Crippen molar-refractivity contribution in [2.75, 3.05) is 32.8 Å². The van der Waals surface area contributed by atoms with E-state index in [1.807, 2.05) is 0 Å². The SMILES string of the molecule is CC1(CN)CCN(CCOc2ccc3c(c2)C(=O)N(C2CCC(=O)NC2=O)C3=O)CC1. The first-order chi connectivity index (χ1) is 14.8. The third kappa shape index (κ3) is 4.20. The molecule has 0 spiro atoms. The Morgan fingerprint density at radius 1 is 1.13 bits per heavy atom. The number of imide groups is 2. The van der Waals surface area contributed by atoms with E-state index in [-0.39, 0.29) is 29.4 Å². The van der Waals surface area contributed by atoms with Crippen LogP contribution in [0.2, 0.25) is 0 Å². The van der Waals surface area contributed by atoms with E-state index in [0.29, 0.717) is 18.9 Å². The summed E-state index contributed by atoms with van der Waals surface area (Å²) in [5, 5.41) is 2.19. The fourth-order valence-corrected chi connectivity index (χ4v) is 4.35. The van der Waals surface area contributed by atoms with Gasteiger partial charge < -0.3 is 10.5 Å². The minimum atomic E-state index is -0.965. The Morgan fingerprint density at radius 2 is 1.84 bits per heavy atom. The average Bonchev–Trinajstić information content (AvgIpc) is 3.00. The lowest BCUT2D eigenvalue weighted by Crippen LogP contribution is -2.54. The summed E-state index contributed by atoms with van der Waals surface area (Å²) in [6, 6.07) is 3.82. The number of nitrogens with two attached hydrogens (primary N) is 1. The molecule has 3 aliphatic rings. The molecule has 1 atom stereocenters. The number of nitrogens with one attached hydrogen (secondary N) is 1. The van der Waals surface area contributed by atoms with Gasteiger partial charge in [-0.3, -0.25) is 34.3 Å². The van der Waals surface area contributed by atoms with E-state index in [4.69, 9.17) is 10.5 Å². The summed E-state index contributed by atoms with van der Waals surface area (Å²) < 4.78 is 5.84. The lowest BCUT2D eigenvalue weighted by molar-refractivity contribution is -0.136. The Bertz CT molecular complexity index is 922. The second-order valence-electron chi connectivity index (χ2n) is 8.86. The number of hydrogen-bond donors (Lipinski definition) is 2. The quantitative estimate of drug-likeness (QED) is 0.634. The molecule has 3 heterocycles. The molecular formula is C22H28N4O5. The number of hydrogen-bond acceptors (Lipinski definition) is 7. The Morgan fingerprint density at radius 3 is 2.52 bits per heavy atom. The molecule has 31 heavy (non-hydrogen) atoms. The Balaban J connectivity index is 1.36. The van der Waals surface area contributed by atoms with Gasteiger partial charge >= 0.3 is 0 Å². The zero-order valence-electron chi connectivity index (χ0n) is 17.7. The first-order valence-corrected chi connectivity index (χ1v) is 10.7. The van der Waals surface area contributed by atoms with Gasteiger partial charge in [0.15, 0.2) is 0 Å². The number of likely N-dealkylation sites (tertiary alicyclic amines) is 1. The van der Waals surface area contributed by atoms with Gasteiger partial charge in [0, 0.05) is 13.0 Å². The fraction of sp³-hybridized carbons (Fsp3) is 0.545. The fourth-order valence-electron chi connectivity index (χ4n) is 4.35. The van der Waals surface area contributed by atoms with Crippen molar-refractivity contribution in [2.24, 2.45) is 11.1 Å². The van der Waals surface area contributed by atoms with Crippen LogP contribution in [0.15, 0.2) is 18.2 Å². The molecule has 1 aromatic rings. The van der Waals surface area contributed by atoms with Crippen molar-refractivity contribution < 1.29 is 23.9 Å². The van der Waals surface area contributed by atoms with Crippen molar-refractivity contribution in [2.45, 2.75) is 38.6 Å². The Kier molecular flexibility index (Phi) is 5.81. The molecule has 0 aromatic heterocycles. The summed E-state index contributed by atoms with van der Waals surface area (Å²) in [5.74, 6) is -1.55. The largest absolute Gasteiger partial charge is 0.492 e. The minimum Gasteiger partial charge on any atom is -0.492 e. The van der Waals surface area contributed by atoms with Crippen molar-refractivity contribution in [3.63, 3.8) is 0 Å². The lowest BCUT2D eigenvalue weighted by atomic mass is 9.80. The van der Waals surface area contributed by atoms with E-state index in [2.05, 4.69) is 17.1 Å². The topological polar surface area (TPSA) is 122 Å². The van der Waals surface area contributed by atoms with Gasteiger partial charge in [0.1, 0.15) is 18.4 Å². The number of benzene rings is 1. The van der Waals surface area contributed by atoms with Crippen LogP contribution in [-0.2, 0) is 9.59 Å². The molecule has 4 amide bonds. The van der Waals surface area contributed by atoms with Gasteiger partial charge in [-0.25, -0.2) is 0 Å². The summed E-state index contributed by atoms with van der Waals surface area (Å²) in [4.78, 5) is 52.4. The van der Waals surface area contributed by atoms with Crippen LogP contribution in [-0.4, -0.2) is 72.3 Å². The monoisotopic (exact) mass is 428 g/mol. The molecule has 0 saturated carbocycles. The van der Waals surface area contributed by atoms with Gasteiger partial charge in [0.05, 0.1) is 11.1 Å². The van der Waals surface area contributed by atoms with Crippen LogP contribution < -0.4 is 15.8 Å². The lowest BCUT2D eigenvalue weighted by Gasteiger charge is -2.38. The molecular weight excluding hydrogens is 400 g/mol. The summed E-state index contributed by atoms with van der Waals surface area (Å²) in [6.07, 6.45) is 2.36. The molecule has 1 unspecified atom stereocenters. The highest BCUT2D eigenvalue weighted by molar-refractivity contribution is 6.23. The minimum absolute atomic E-state index is 0.0963. The molecule has 166 valence electrons. The smallest absolute Gasteiger partial charge is 0.262 e. The van der Waals surface area contributed by atoms with Crippen molar-refractivity contribution in [3.05, 3.63) is 29.3 Å². The van der Waals surface area contributed by atoms with Gasteiger partial charge in [0.25, 0.3) is 11.8 Å².